The van der Waals surface area contributed by atoms with Crippen LogP contribution < -0.4 is 16.0 Å². The standard InChI is InChI=1S/C17H12ClF3N6O/c18-15-10(2-1-3-11(15)17(19,20)21)16(28)26-7-4-13-12(9-26)24-25-27(13)14-8-22-5-6-23-14/h3,5-6,8,24-25H,4,7,9H2. The Balaban J connectivity index is 1.57. The van der Waals surface area contributed by atoms with Crippen molar-refractivity contribution in [1.82, 2.24) is 25.8 Å². The van der Waals surface area contributed by atoms with E-state index < -0.39 is 22.7 Å². The normalized spacial score (nSPS) is 16.6. The van der Waals surface area contributed by atoms with Crippen molar-refractivity contribution in [3.8, 4) is 0 Å². The Morgan fingerprint density at radius 3 is 2.86 bits per heavy atom. The van der Waals surface area contributed by atoms with Gasteiger partial charge >= 0.3 is 6.18 Å². The third-order valence-corrected chi connectivity index (χ3v) is 4.75. The number of hydrogen-bond donors (Lipinski definition) is 2. The maximum absolute atomic E-state index is 13.0. The van der Waals surface area contributed by atoms with Gasteiger partial charge in [0.25, 0.3) is 5.91 Å². The minimum absolute atomic E-state index is 0.165. The summed E-state index contributed by atoms with van der Waals surface area (Å²) in [7, 11) is 0. The van der Waals surface area contributed by atoms with Crippen molar-refractivity contribution in [3.63, 3.8) is 0 Å². The van der Waals surface area contributed by atoms with Crippen LogP contribution in [0.1, 0.15) is 22.3 Å². The number of hydrogen-bond acceptors (Lipinski definition) is 6. The van der Waals surface area contributed by atoms with Gasteiger partial charge in [-0.05, 0) is 0 Å². The molecule has 0 spiro atoms. The van der Waals surface area contributed by atoms with Crippen LogP contribution in [0.2, 0.25) is 5.02 Å². The molecular weight excluding hydrogens is 397 g/mol. The van der Waals surface area contributed by atoms with Crippen molar-refractivity contribution in [2.75, 3.05) is 18.1 Å². The van der Waals surface area contributed by atoms with Crippen LogP contribution in [0.3, 0.4) is 0 Å². The van der Waals surface area contributed by atoms with Gasteiger partial charge in [-0.15, -0.1) is 5.53 Å². The number of nitrogens with zero attached hydrogens (tertiary/aromatic N) is 4. The third-order valence-electron chi connectivity index (χ3n) is 4.36. The molecule has 0 unspecified atom stereocenters. The highest BCUT2D eigenvalue weighted by Gasteiger charge is 2.37. The molecule has 0 saturated heterocycles. The molecule has 144 valence electrons. The highest BCUT2D eigenvalue weighted by atomic mass is 35.5. The molecule has 1 amide bonds. The number of anilines is 1. The zero-order valence-corrected chi connectivity index (χ0v) is 14.9. The van der Waals surface area contributed by atoms with Crippen LogP contribution in [-0.2, 0) is 6.18 Å². The molecule has 28 heavy (non-hydrogen) atoms. The van der Waals surface area contributed by atoms with Crippen molar-refractivity contribution < 1.29 is 18.0 Å². The summed E-state index contributed by atoms with van der Waals surface area (Å²) in [5.74, 6) is -0.0673. The highest BCUT2D eigenvalue weighted by molar-refractivity contribution is 6.34. The molecule has 2 aliphatic rings. The first-order valence-corrected chi connectivity index (χ1v) is 8.52. The number of amides is 1. The maximum Gasteiger partial charge on any atom is 0.418 e. The van der Waals surface area contributed by atoms with Crippen LogP contribution in [0.15, 0.2) is 36.1 Å². The van der Waals surface area contributed by atoms with E-state index in [9.17, 15) is 18.0 Å². The maximum atomic E-state index is 13.0. The Morgan fingerprint density at radius 2 is 2.14 bits per heavy atom. The second-order valence-electron chi connectivity index (χ2n) is 6.05. The summed E-state index contributed by atoms with van der Waals surface area (Å²) in [6, 6.07) is 5.32. The molecule has 4 rings (SSSR count). The zero-order chi connectivity index (χ0) is 19.9. The minimum atomic E-state index is -4.68. The van der Waals surface area contributed by atoms with Gasteiger partial charge in [0.1, 0.15) is 5.56 Å². The van der Waals surface area contributed by atoms with Crippen LogP contribution in [-0.4, -0.2) is 33.9 Å². The molecule has 2 N–H and O–H groups in total. The second kappa shape index (κ2) is 6.85. The molecule has 7 nitrogen and oxygen atoms in total. The first-order valence-electron chi connectivity index (χ1n) is 8.14. The van der Waals surface area contributed by atoms with Gasteiger partial charge in [-0.25, -0.2) is 9.99 Å². The van der Waals surface area contributed by atoms with E-state index in [1.165, 1.54) is 4.90 Å². The summed E-state index contributed by atoms with van der Waals surface area (Å²) in [4.78, 5) is 22.4. The highest BCUT2D eigenvalue weighted by Crippen LogP contribution is 2.36. The van der Waals surface area contributed by atoms with Gasteiger partial charge in [0, 0.05) is 31.4 Å². The Labute approximate surface area is 162 Å². The van der Waals surface area contributed by atoms with Crippen molar-refractivity contribution in [3.05, 3.63) is 64.3 Å². The summed E-state index contributed by atoms with van der Waals surface area (Å²) in [5.41, 5.74) is 6.01. The fourth-order valence-electron chi connectivity index (χ4n) is 3.02. The summed E-state index contributed by atoms with van der Waals surface area (Å²) >= 11 is 5.84. The molecule has 0 aliphatic carbocycles. The molecular formula is C17H12ClF3N6O. The van der Waals surface area contributed by atoms with Crippen LogP contribution in [0.4, 0.5) is 19.0 Å². The fraction of sp³-hybridized carbons (Fsp3) is 0.235. The average molecular weight is 409 g/mol. The van der Waals surface area contributed by atoms with Gasteiger partial charge in [0.2, 0.25) is 0 Å². The van der Waals surface area contributed by atoms with Gasteiger partial charge < -0.3 is 10.3 Å². The molecule has 2 aliphatic heterocycles. The van der Waals surface area contributed by atoms with Crippen LogP contribution in [0.5, 0.6) is 0 Å². The fourth-order valence-corrected chi connectivity index (χ4v) is 3.31. The lowest BCUT2D eigenvalue weighted by atomic mass is 10.1. The number of aromatic nitrogens is 2. The van der Waals surface area contributed by atoms with Gasteiger partial charge in [-0.3, -0.25) is 9.78 Å². The summed E-state index contributed by atoms with van der Waals surface area (Å²) in [6.07, 6.45) is 0.461. The predicted octanol–water partition coefficient (Wildman–Crippen LogP) is 2.34. The Bertz CT molecular complexity index is 950. The number of halogens is 4. The number of alkyl halides is 3. The average Bonchev–Trinajstić information content (AvgIpc) is 3.10. The summed E-state index contributed by atoms with van der Waals surface area (Å²) < 4.78 is 39.1. The lowest BCUT2D eigenvalue weighted by molar-refractivity contribution is -0.137. The number of rotatable bonds is 2. The van der Waals surface area contributed by atoms with E-state index in [0.29, 0.717) is 24.0 Å². The second-order valence-corrected chi connectivity index (χ2v) is 6.43. The number of nitrogens with one attached hydrogen (secondary N) is 2. The molecule has 3 heterocycles. The van der Waals surface area contributed by atoms with E-state index in [1.807, 2.05) is 0 Å². The monoisotopic (exact) mass is 408 g/mol. The van der Waals surface area contributed by atoms with Crippen molar-refractivity contribution in [2.45, 2.75) is 12.6 Å². The quantitative estimate of drug-likeness (QED) is 0.794. The number of hydrazine groups is 2. The van der Waals surface area contributed by atoms with Crippen molar-refractivity contribution >= 4 is 23.3 Å². The Kier molecular flexibility index (Phi) is 4.49. The molecule has 0 radical (unpaired) electrons. The molecule has 2 aromatic rings. The number of carbonyl (C=O) groups is 1. The SMILES string of the molecule is O=C(c1c#ccc(C(F)(F)F)c1Cl)N1CCC2=C(C1)NNN2c1cnccn1. The lowest BCUT2D eigenvalue weighted by Gasteiger charge is -2.29. The zero-order valence-electron chi connectivity index (χ0n) is 14.1. The first kappa shape index (κ1) is 18.3. The molecule has 0 atom stereocenters. The summed E-state index contributed by atoms with van der Waals surface area (Å²) in [5, 5.41) is 1.04. The van der Waals surface area contributed by atoms with Crippen LogP contribution in [0.25, 0.3) is 0 Å². The van der Waals surface area contributed by atoms with Crippen LogP contribution in [0, 0.1) is 12.1 Å². The molecule has 0 saturated carbocycles. The topological polar surface area (TPSA) is 73.4 Å². The van der Waals surface area contributed by atoms with E-state index >= 15 is 0 Å². The number of carbonyl (C=O) groups excluding carboxylic acids is 1. The molecule has 11 heteroatoms. The van der Waals surface area contributed by atoms with E-state index in [1.54, 1.807) is 23.6 Å². The minimum Gasteiger partial charge on any atom is -0.332 e. The lowest BCUT2D eigenvalue weighted by Crippen LogP contribution is -2.39. The van der Waals surface area contributed by atoms with Crippen molar-refractivity contribution in [1.29, 1.82) is 0 Å². The van der Waals surface area contributed by atoms with Gasteiger partial charge in [-0.1, -0.05) is 23.7 Å². The molecule has 1 aromatic carbocycles. The third kappa shape index (κ3) is 3.19. The van der Waals surface area contributed by atoms with Crippen LogP contribution >= 0.6 is 11.6 Å². The Hall–Kier alpha value is -3.03. The van der Waals surface area contributed by atoms with Gasteiger partial charge in [-0.2, -0.15) is 13.2 Å². The predicted molar refractivity (Wildman–Crippen MR) is 92.5 cm³/mol. The van der Waals surface area contributed by atoms with Gasteiger partial charge in [0.15, 0.2) is 5.82 Å². The first-order chi connectivity index (χ1) is 13.4. The Morgan fingerprint density at radius 1 is 1.32 bits per heavy atom. The summed E-state index contributed by atoms with van der Waals surface area (Å²) in [6.45, 7) is 0.455. The van der Waals surface area contributed by atoms with E-state index in [4.69, 9.17) is 11.6 Å². The van der Waals surface area contributed by atoms with E-state index in [0.717, 1.165) is 5.70 Å². The van der Waals surface area contributed by atoms with E-state index in [-0.39, 0.29) is 18.7 Å². The van der Waals surface area contributed by atoms with Crippen molar-refractivity contribution in [2.24, 2.45) is 0 Å². The van der Waals surface area contributed by atoms with Gasteiger partial charge in [0.05, 0.1) is 34.7 Å². The molecule has 0 fully saturated rings. The smallest absolute Gasteiger partial charge is 0.332 e. The van der Waals surface area contributed by atoms with E-state index in [2.05, 4.69) is 33.1 Å². The largest absolute Gasteiger partial charge is 0.418 e. The molecule has 1 aromatic heterocycles. The molecule has 0 bridgehead atoms.